The summed E-state index contributed by atoms with van der Waals surface area (Å²) in [5, 5.41) is 4.52. The number of nitrogens with one attached hydrogen (secondary N) is 1. The summed E-state index contributed by atoms with van der Waals surface area (Å²) in [5.41, 5.74) is 9.71. The summed E-state index contributed by atoms with van der Waals surface area (Å²) in [6.45, 7) is 31.4. The molecule has 1 N–H and O–H groups in total. The van der Waals surface area contributed by atoms with Gasteiger partial charge >= 0.3 is 0 Å². The van der Waals surface area contributed by atoms with Crippen molar-refractivity contribution >= 4 is 17.9 Å². The Morgan fingerprint density at radius 1 is 0.870 bits per heavy atom. The third-order valence-electron chi connectivity index (χ3n) is 7.30. The van der Waals surface area contributed by atoms with Crippen LogP contribution >= 0.6 is 0 Å². The minimum absolute atomic E-state index is 0.241. The van der Waals surface area contributed by atoms with Gasteiger partial charge in [0.1, 0.15) is 5.78 Å². The second-order valence-electron chi connectivity index (χ2n) is 11.4. The van der Waals surface area contributed by atoms with Crippen LogP contribution in [0.2, 0.25) is 0 Å². The van der Waals surface area contributed by atoms with Crippen LogP contribution < -0.4 is 5.43 Å². The molecule has 1 aliphatic heterocycles. The minimum Gasteiger partial charge on any atom is -0.300 e. The maximum absolute atomic E-state index is 11.5. The van der Waals surface area contributed by atoms with Crippen molar-refractivity contribution in [2.45, 2.75) is 115 Å². The highest BCUT2D eigenvalue weighted by atomic mass is 16.1. The van der Waals surface area contributed by atoms with E-state index in [1.807, 2.05) is 41.5 Å². The van der Waals surface area contributed by atoms with Gasteiger partial charge in [-0.15, -0.1) is 13.2 Å². The normalized spacial score (nSPS) is 17.1. The summed E-state index contributed by atoms with van der Waals surface area (Å²) in [4.78, 5) is 24.9. The highest BCUT2D eigenvalue weighted by Gasteiger charge is 2.29. The molecule has 5 heteroatoms. The fourth-order valence-electron chi connectivity index (χ4n) is 5.09. The Labute approximate surface area is 283 Å². The first-order valence-corrected chi connectivity index (χ1v) is 17.6. The first kappa shape index (κ1) is 44.8. The van der Waals surface area contributed by atoms with Crippen molar-refractivity contribution in [2.24, 2.45) is 22.9 Å². The Hall–Kier alpha value is -3.31. The Morgan fingerprint density at radius 3 is 1.91 bits per heavy atom. The molecule has 258 valence electrons. The van der Waals surface area contributed by atoms with E-state index in [-0.39, 0.29) is 5.92 Å². The number of hydrazone groups is 1. The molecule has 0 bridgehead atoms. The highest BCUT2D eigenvalue weighted by molar-refractivity contribution is 6.03. The van der Waals surface area contributed by atoms with Crippen LogP contribution in [0.15, 0.2) is 72.9 Å². The number of hydrogen-bond acceptors (Lipinski definition) is 4. The van der Waals surface area contributed by atoms with Gasteiger partial charge in [-0.05, 0) is 78.8 Å². The molecule has 1 amide bonds. The van der Waals surface area contributed by atoms with E-state index < -0.39 is 0 Å². The highest BCUT2D eigenvalue weighted by Crippen LogP contribution is 2.32. The third-order valence-corrected chi connectivity index (χ3v) is 7.30. The summed E-state index contributed by atoms with van der Waals surface area (Å²) in [5.74, 6) is 1.87. The fraction of sp³-hybridized carbons (Fsp3) is 0.537. The number of benzene rings is 2. The zero-order valence-corrected chi connectivity index (χ0v) is 31.3. The van der Waals surface area contributed by atoms with Crippen LogP contribution in [0.25, 0.3) is 0 Å². The Balaban J connectivity index is 0. The summed E-state index contributed by atoms with van der Waals surface area (Å²) in [6.07, 6.45) is 9.41. The van der Waals surface area contributed by atoms with Crippen LogP contribution in [-0.4, -0.2) is 35.9 Å². The van der Waals surface area contributed by atoms with Crippen LogP contribution in [0.3, 0.4) is 0 Å². The van der Waals surface area contributed by atoms with Gasteiger partial charge in [0, 0.05) is 38.4 Å². The maximum atomic E-state index is 11.5. The lowest BCUT2D eigenvalue weighted by Gasteiger charge is -2.30. The van der Waals surface area contributed by atoms with Crippen molar-refractivity contribution in [2.75, 3.05) is 13.1 Å². The van der Waals surface area contributed by atoms with Crippen molar-refractivity contribution in [3.63, 3.8) is 0 Å². The van der Waals surface area contributed by atoms with Crippen LogP contribution in [0.4, 0.5) is 0 Å². The standard InChI is InChI=1S/C29H35N3O2.C4H10.3C2H6.C2H4/c1-21-7-12-26(17-22(21)2)29(31-30-20-33)28-6-4-3-5-25(28)18-23-8-10-24(11-9-23)19-32-15-13-27(34)14-16-32;1-4(2)3;4*1-2/h3-4,7-12,17,20,25,28H,5-6,13-16,18-19H2,1-2H3,(H,30,33);4H,1-3H3;3*1-2H3;1-2H2/b31-29-;;;;;. The first-order chi connectivity index (χ1) is 22.3. The third kappa shape index (κ3) is 17.4. The number of amides is 1. The summed E-state index contributed by atoms with van der Waals surface area (Å²) >= 11 is 0. The molecule has 2 unspecified atom stereocenters. The number of rotatable bonds is 8. The van der Waals surface area contributed by atoms with Crippen molar-refractivity contribution in [3.8, 4) is 0 Å². The molecule has 46 heavy (non-hydrogen) atoms. The van der Waals surface area contributed by atoms with Gasteiger partial charge < -0.3 is 0 Å². The second kappa shape index (κ2) is 28.0. The number of likely N-dealkylation sites (tertiary alicyclic amines) is 1. The molecule has 2 aromatic rings. The average molecular weight is 634 g/mol. The van der Waals surface area contributed by atoms with Gasteiger partial charge in [-0.1, -0.05) is 111 Å². The predicted octanol–water partition coefficient (Wildman–Crippen LogP) is 10.3. The summed E-state index contributed by atoms with van der Waals surface area (Å²) < 4.78 is 0. The molecule has 1 saturated heterocycles. The van der Waals surface area contributed by atoms with E-state index in [2.05, 4.69) is 118 Å². The molecule has 0 saturated carbocycles. The molecule has 1 fully saturated rings. The molecule has 5 nitrogen and oxygen atoms in total. The zero-order valence-electron chi connectivity index (χ0n) is 31.3. The topological polar surface area (TPSA) is 61.8 Å². The van der Waals surface area contributed by atoms with Crippen molar-refractivity contribution in [1.29, 1.82) is 0 Å². The number of nitrogens with zero attached hydrogens (tertiary/aromatic N) is 2. The van der Waals surface area contributed by atoms with Crippen LogP contribution in [0, 0.1) is 31.6 Å². The van der Waals surface area contributed by atoms with Gasteiger partial charge in [-0.2, -0.15) is 5.10 Å². The number of piperidine rings is 1. The second-order valence-corrected chi connectivity index (χ2v) is 11.4. The quantitative estimate of drug-likeness (QED) is 0.136. The molecular weight excluding hydrogens is 566 g/mol. The largest absolute Gasteiger partial charge is 0.300 e. The van der Waals surface area contributed by atoms with E-state index in [9.17, 15) is 9.59 Å². The van der Waals surface area contributed by atoms with Gasteiger partial charge in [-0.3, -0.25) is 14.5 Å². The molecule has 1 aliphatic carbocycles. The maximum Gasteiger partial charge on any atom is 0.227 e. The molecule has 2 atom stereocenters. The van der Waals surface area contributed by atoms with E-state index in [0.717, 1.165) is 56.1 Å². The number of ketones is 1. The monoisotopic (exact) mass is 634 g/mol. The number of aryl methyl sites for hydroxylation is 2. The van der Waals surface area contributed by atoms with Crippen LogP contribution in [0.1, 0.15) is 116 Å². The van der Waals surface area contributed by atoms with Crippen molar-refractivity contribution in [1.82, 2.24) is 10.3 Å². The smallest absolute Gasteiger partial charge is 0.227 e. The fourth-order valence-corrected chi connectivity index (χ4v) is 5.09. The Morgan fingerprint density at radius 2 is 1.39 bits per heavy atom. The lowest BCUT2D eigenvalue weighted by atomic mass is 9.75. The van der Waals surface area contributed by atoms with E-state index in [1.54, 1.807) is 0 Å². The molecule has 4 rings (SSSR count). The van der Waals surface area contributed by atoms with Crippen molar-refractivity contribution < 1.29 is 9.59 Å². The number of Topliss-reactive ketones (excluding diaryl/α,β-unsaturated/α-hetero) is 1. The van der Waals surface area contributed by atoms with Gasteiger partial charge in [0.15, 0.2) is 0 Å². The van der Waals surface area contributed by atoms with Crippen molar-refractivity contribution in [3.05, 3.63) is 95.6 Å². The summed E-state index contributed by atoms with van der Waals surface area (Å²) in [6, 6.07) is 15.4. The Kier molecular flexibility index (Phi) is 27.2. The van der Waals surface area contributed by atoms with E-state index >= 15 is 0 Å². The minimum atomic E-state index is 0.241. The molecule has 0 spiro atoms. The first-order valence-electron chi connectivity index (χ1n) is 17.6. The summed E-state index contributed by atoms with van der Waals surface area (Å²) in [7, 11) is 0. The van der Waals surface area contributed by atoms with E-state index in [0.29, 0.717) is 31.0 Å². The van der Waals surface area contributed by atoms with Crippen LogP contribution in [0.5, 0.6) is 0 Å². The molecule has 1 heterocycles. The SMILES string of the molecule is C=C.CC.CC.CC.CC(C)C.Cc1ccc(/C(=N/NC=O)C2CC=CCC2Cc2ccc(CN3CCC(=O)CC3)cc2)cc1C. The number of allylic oxidation sites excluding steroid dienone is 2. The van der Waals surface area contributed by atoms with E-state index in [4.69, 9.17) is 0 Å². The molecule has 0 radical (unpaired) electrons. The lowest BCUT2D eigenvalue weighted by Crippen LogP contribution is -2.33. The van der Waals surface area contributed by atoms with Gasteiger partial charge in [0.25, 0.3) is 0 Å². The molecule has 2 aliphatic rings. The Bertz CT molecular complexity index is 1120. The zero-order chi connectivity index (χ0) is 35.5. The molecular formula is C41H67N3O2. The van der Waals surface area contributed by atoms with Gasteiger partial charge in [0.2, 0.25) is 6.41 Å². The molecule has 0 aromatic heterocycles. The molecule has 2 aromatic carbocycles. The number of carbonyl (C=O) groups is 2. The lowest BCUT2D eigenvalue weighted by molar-refractivity contribution is -0.121. The predicted molar refractivity (Wildman–Crippen MR) is 202 cm³/mol. The van der Waals surface area contributed by atoms with Crippen LogP contribution in [-0.2, 0) is 22.6 Å². The van der Waals surface area contributed by atoms with Gasteiger partial charge in [-0.25, -0.2) is 5.43 Å². The number of hydrogen-bond donors (Lipinski definition) is 1. The number of carbonyl (C=O) groups excluding carboxylic acids is 2. The van der Waals surface area contributed by atoms with Gasteiger partial charge in [0.05, 0.1) is 5.71 Å². The van der Waals surface area contributed by atoms with E-state index in [1.165, 1.54) is 22.3 Å². The average Bonchev–Trinajstić information content (AvgIpc) is 3.09.